The SMILES string of the molecule is CCS(=O)(=O)c1ccc(CNC(=O)c2cnc3c(c2)CN(Cc2ccc(Cl)cc2)C3C(C)C)nc1. The summed E-state index contributed by atoms with van der Waals surface area (Å²) in [6.45, 7) is 7.63. The Kier molecular flexibility index (Phi) is 7.54. The molecule has 0 saturated carbocycles. The number of pyridine rings is 2. The third kappa shape index (κ3) is 5.72. The molecular weight excluding hydrogens is 484 g/mol. The van der Waals surface area contributed by atoms with Gasteiger partial charge >= 0.3 is 0 Å². The Hall–Kier alpha value is -2.81. The lowest BCUT2D eigenvalue weighted by atomic mass is 9.99. The molecule has 0 saturated heterocycles. The number of carbonyl (C=O) groups excluding carboxylic acids is 1. The second-order valence-electron chi connectivity index (χ2n) is 9.06. The van der Waals surface area contributed by atoms with E-state index < -0.39 is 9.84 Å². The number of fused-ring (bicyclic) bond motifs is 1. The van der Waals surface area contributed by atoms with Gasteiger partial charge in [-0.3, -0.25) is 19.7 Å². The molecule has 184 valence electrons. The minimum Gasteiger partial charge on any atom is -0.346 e. The minimum absolute atomic E-state index is 0.0187. The predicted octanol–water partition coefficient (Wildman–Crippen LogP) is 4.57. The van der Waals surface area contributed by atoms with Gasteiger partial charge in [0, 0.05) is 30.5 Å². The molecule has 0 spiro atoms. The summed E-state index contributed by atoms with van der Waals surface area (Å²) >= 11 is 6.03. The Morgan fingerprint density at radius 2 is 1.89 bits per heavy atom. The number of carbonyl (C=O) groups is 1. The predicted molar refractivity (Wildman–Crippen MR) is 136 cm³/mol. The van der Waals surface area contributed by atoms with Crippen molar-refractivity contribution in [2.75, 3.05) is 5.75 Å². The largest absolute Gasteiger partial charge is 0.346 e. The van der Waals surface area contributed by atoms with Crippen molar-refractivity contribution >= 4 is 27.3 Å². The van der Waals surface area contributed by atoms with Crippen molar-refractivity contribution < 1.29 is 13.2 Å². The summed E-state index contributed by atoms with van der Waals surface area (Å²) in [5.74, 6) is 0.135. The fraction of sp³-hybridized carbons (Fsp3) is 0.346. The molecule has 0 aliphatic carbocycles. The summed E-state index contributed by atoms with van der Waals surface area (Å²) in [5.41, 5.74) is 4.31. The fourth-order valence-electron chi connectivity index (χ4n) is 4.38. The molecular formula is C26H29ClN4O3S. The van der Waals surface area contributed by atoms with Crippen LogP contribution in [0.5, 0.6) is 0 Å². The number of nitrogens with zero attached hydrogens (tertiary/aromatic N) is 3. The number of rotatable bonds is 8. The third-order valence-electron chi connectivity index (χ3n) is 6.21. The number of sulfone groups is 1. The minimum atomic E-state index is -3.30. The van der Waals surface area contributed by atoms with Crippen molar-refractivity contribution in [3.63, 3.8) is 0 Å². The topological polar surface area (TPSA) is 92.3 Å². The first-order chi connectivity index (χ1) is 16.7. The summed E-state index contributed by atoms with van der Waals surface area (Å²) in [7, 11) is -3.30. The molecule has 3 aromatic rings. The van der Waals surface area contributed by atoms with E-state index in [0.717, 1.165) is 17.8 Å². The lowest BCUT2D eigenvalue weighted by molar-refractivity contribution is 0.0950. The maximum absolute atomic E-state index is 12.8. The van der Waals surface area contributed by atoms with Crippen molar-refractivity contribution in [3.05, 3.63) is 88.0 Å². The Labute approximate surface area is 211 Å². The zero-order valence-corrected chi connectivity index (χ0v) is 21.6. The number of halogens is 1. The summed E-state index contributed by atoms with van der Waals surface area (Å²) in [6.07, 6.45) is 2.96. The molecule has 0 fully saturated rings. The Morgan fingerprint density at radius 3 is 2.51 bits per heavy atom. The molecule has 2 aromatic heterocycles. The van der Waals surface area contributed by atoms with Crippen LogP contribution in [0.15, 0.2) is 59.8 Å². The van der Waals surface area contributed by atoms with E-state index >= 15 is 0 Å². The molecule has 1 atom stereocenters. The van der Waals surface area contributed by atoms with Crippen LogP contribution in [0, 0.1) is 5.92 Å². The first kappa shape index (κ1) is 25.3. The van der Waals surface area contributed by atoms with Crippen LogP contribution in [0.25, 0.3) is 0 Å². The highest BCUT2D eigenvalue weighted by Crippen LogP contribution is 2.38. The number of hydrogen-bond donors (Lipinski definition) is 1. The van der Waals surface area contributed by atoms with Gasteiger partial charge in [0.2, 0.25) is 0 Å². The van der Waals surface area contributed by atoms with Crippen LogP contribution >= 0.6 is 11.6 Å². The van der Waals surface area contributed by atoms with Crippen molar-refractivity contribution in [3.8, 4) is 0 Å². The first-order valence-corrected chi connectivity index (χ1v) is 13.6. The molecule has 9 heteroatoms. The van der Waals surface area contributed by atoms with Gasteiger partial charge in [0.25, 0.3) is 5.91 Å². The number of hydrogen-bond acceptors (Lipinski definition) is 6. The molecule has 1 aromatic carbocycles. The maximum Gasteiger partial charge on any atom is 0.253 e. The molecule has 1 amide bonds. The monoisotopic (exact) mass is 512 g/mol. The van der Waals surface area contributed by atoms with E-state index in [1.54, 1.807) is 19.2 Å². The van der Waals surface area contributed by atoms with Crippen LogP contribution in [-0.4, -0.2) is 34.9 Å². The lowest BCUT2D eigenvalue weighted by Gasteiger charge is -2.27. The fourth-order valence-corrected chi connectivity index (χ4v) is 5.33. The second kappa shape index (κ2) is 10.4. The van der Waals surface area contributed by atoms with E-state index in [-0.39, 0.29) is 29.1 Å². The van der Waals surface area contributed by atoms with Crippen molar-refractivity contribution in [1.29, 1.82) is 0 Å². The van der Waals surface area contributed by atoms with E-state index in [9.17, 15) is 13.2 Å². The summed E-state index contributed by atoms with van der Waals surface area (Å²) in [5, 5.41) is 3.57. The van der Waals surface area contributed by atoms with Crippen LogP contribution in [0.1, 0.15) is 59.7 Å². The molecule has 0 bridgehead atoms. The van der Waals surface area contributed by atoms with Crippen LogP contribution < -0.4 is 5.32 Å². The van der Waals surface area contributed by atoms with Gasteiger partial charge in [-0.05, 0) is 47.4 Å². The van der Waals surface area contributed by atoms with Crippen LogP contribution in [0.2, 0.25) is 5.02 Å². The molecule has 35 heavy (non-hydrogen) atoms. The molecule has 4 rings (SSSR count). The Balaban J connectivity index is 1.44. The van der Waals surface area contributed by atoms with E-state index in [1.807, 2.05) is 30.3 Å². The molecule has 1 unspecified atom stereocenters. The zero-order chi connectivity index (χ0) is 25.2. The van der Waals surface area contributed by atoms with Crippen LogP contribution in [0.3, 0.4) is 0 Å². The first-order valence-electron chi connectivity index (χ1n) is 11.6. The molecule has 1 N–H and O–H groups in total. The summed E-state index contributed by atoms with van der Waals surface area (Å²) < 4.78 is 23.9. The highest BCUT2D eigenvalue weighted by molar-refractivity contribution is 7.91. The average Bonchev–Trinajstić information content (AvgIpc) is 3.21. The lowest BCUT2D eigenvalue weighted by Crippen LogP contribution is -2.25. The Bertz CT molecular complexity index is 1310. The van der Waals surface area contributed by atoms with E-state index in [2.05, 4.69) is 34.0 Å². The van der Waals surface area contributed by atoms with Gasteiger partial charge in [-0.2, -0.15) is 0 Å². The number of nitrogens with one attached hydrogen (secondary N) is 1. The molecule has 7 nitrogen and oxygen atoms in total. The van der Waals surface area contributed by atoms with E-state index in [4.69, 9.17) is 11.6 Å². The van der Waals surface area contributed by atoms with Crippen molar-refractivity contribution in [2.24, 2.45) is 5.92 Å². The van der Waals surface area contributed by atoms with Crippen molar-refractivity contribution in [1.82, 2.24) is 20.2 Å². The summed E-state index contributed by atoms with van der Waals surface area (Å²) in [6, 6.07) is 13.1. The number of amides is 1. The van der Waals surface area contributed by atoms with E-state index in [1.165, 1.54) is 17.8 Å². The normalized spacial score (nSPS) is 15.9. The van der Waals surface area contributed by atoms with Crippen LogP contribution in [0.4, 0.5) is 0 Å². The highest BCUT2D eigenvalue weighted by Gasteiger charge is 2.34. The molecule has 1 aliphatic rings. The third-order valence-corrected chi connectivity index (χ3v) is 8.18. The highest BCUT2D eigenvalue weighted by atomic mass is 35.5. The van der Waals surface area contributed by atoms with Gasteiger partial charge in [0.15, 0.2) is 9.84 Å². The molecule has 1 aliphatic heterocycles. The van der Waals surface area contributed by atoms with Gasteiger partial charge < -0.3 is 5.32 Å². The smallest absolute Gasteiger partial charge is 0.253 e. The number of aromatic nitrogens is 2. The van der Waals surface area contributed by atoms with Crippen LogP contribution in [-0.2, 0) is 29.5 Å². The molecule has 3 heterocycles. The van der Waals surface area contributed by atoms with Gasteiger partial charge in [0.1, 0.15) is 0 Å². The van der Waals surface area contributed by atoms with Crippen molar-refractivity contribution in [2.45, 2.75) is 51.3 Å². The maximum atomic E-state index is 12.8. The Morgan fingerprint density at radius 1 is 1.14 bits per heavy atom. The zero-order valence-electron chi connectivity index (χ0n) is 20.0. The standard InChI is InChI=1S/C26H29ClN4O3S/c1-4-35(33,34)23-10-9-22(28-14-23)13-30-26(32)19-11-20-16-31(15-18-5-7-21(27)8-6-18)25(17(2)3)24(20)29-12-19/h5-12,14,17,25H,4,13,15-16H2,1-3H3,(H,30,32). The average molecular weight is 513 g/mol. The van der Waals surface area contributed by atoms with E-state index in [0.29, 0.717) is 28.7 Å². The summed E-state index contributed by atoms with van der Waals surface area (Å²) in [4.78, 5) is 24.2. The number of benzene rings is 1. The van der Waals surface area contributed by atoms with Gasteiger partial charge in [-0.1, -0.05) is 44.5 Å². The van der Waals surface area contributed by atoms with Gasteiger partial charge in [-0.15, -0.1) is 0 Å². The molecule has 0 radical (unpaired) electrons. The second-order valence-corrected chi connectivity index (χ2v) is 11.8. The van der Waals surface area contributed by atoms with Gasteiger partial charge in [0.05, 0.1) is 40.2 Å². The quantitative estimate of drug-likeness (QED) is 0.475. The van der Waals surface area contributed by atoms with Gasteiger partial charge in [-0.25, -0.2) is 8.42 Å².